The van der Waals surface area contributed by atoms with Gasteiger partial charge in [-0.1, -0.05) is 24.4 Å². The molecule has 96 valence electrons. The Balaban J connectivity index is 2.46. The summed E-state index contributed by atoms with van der Waals surface area (Å²) < 4.78 is 0. The van der Waals surface area contributed by atoms with E-state index in [0.29, 0.717) is 23.6 Å². The number of amides is 2. The number of benzene rings is 1. The van der Waals surface area contributed by atoms with Crippen molar-refractivity contribution in [3.05, 3.63) is 35.4 Å². The van der Waals surface area contributed by atoms with E-state index in [4.69, 9.17) is 18.0 Å². The topological polar surface area (TPSA) is 84.2 Å². The molecule has 0 aliphatic carbocycles. The smallest absolute Gasteiger partial charge is 0.251 e. The van der Waals surface area contributed by atoms with Gasteiger partial charge in [-0.3, -0.25) is 9.59 Å². The molecule has 18 heavy (non-hydrogen) atoms. The minimum absolute atomic E-state index is 0.120. The van der Waals surface area contributed by atoms with Crippen molar-refractivity contribution in [2.24, 2.45) is 5.73 Å². The van der Waals surface area contributed by atoms with Crippen molar-refractivity contribution < 1.29 is 9.59 Å². The monoisotopic (exact) mass is 265 g/mol. The molecule has 0 bridgehead atoms. The van der Waals surface area contributed by atoms with Gasteiger partial charge in [0.25, 0.3) is 5.91 Å². The van der Waals surface area contributed by atoms with E-state index in [1.54, 1.807) is 24.3 Å². The zero-order valence-electron chi connectivity index (χ0n) is 10.0. The Labute approximate surface area is 111 Å². The van der Waals surface area contributed by atoms with Crippen molar-refractivity contribution in [2.75, 3.05) is 13.1 Å². The first-order chi connectivity index (χ1) is 8.50. The van der Waals surface area contributed by atoms with Crippen LogP contribution >= 0.6 is 12.2 Å². The van der Waals surface area contributed by atoms with Gasteiger partial charge in [-0.05, 0) is 12.1 Å². The summed E-state index contributed by atoms with van der Waals surface area (Å²) in [5.41, 5.74) is 6.70. The molecule has 2 amide bonds. The second kappa shape index (κ2) is 6.70. The molecule has 1 aromatic carbocycles. The van der Waals surface area contributed by atoms with Crippen molar-refractivity contribution in [2.45, 2.75) is 6.92 Å². The normalized spacial score (nSPS) is 9.61. The van der Waals surface area contributed by atoms with E-state index in [1.807, 2.05) is 0 Å². The first kappa shape index (κ1) is 14.1. The van der Waals surface area contributed by atoms with Crippen LogP contribution in [0.25, 0.3) is 0 Å². The number of hydrogen-bond acceptors (Lipinski definition) is 3. The van der Waals surface area contributed by atoms with Crippen LogP contribution in [0.4, 0.5) is 0 Å². The maximum atomic E-state index is 11.7. The van der Waals surface area contributed by atoms with Gasteiger partial charge in [-0.15, -0.1) is 0 Å². The Hall–Kier alpha value is -1.95. The number of carbonyl (C=O) groups excluding carboxylic acids is 2. The highest BCUT2D eigenvalue weighted by molar-refractivity contribution is 7.80. The Kier molecular flexibility index (Phi) is 5.26. The summed E-state index contributed by atoms with van der Waals surface area (Å²) in [4.78, 5) is 22.6. The predicted molar refractivity (Wildman–Crippen MR) is 73.3 cm³/mol. The Morgan fingerprint density at radius 2 is 1.61 bits per heavy atom. The van der Waals surface area contributed by atoms with Gasteiger partial charge in [0.05, 0.1) is 0 Å². The van der Waals surface area contributed by atoms with Gasteiger partial charge >= 0.3 is 0 Å². The van der Waals surface area contributed by atoms with Crippen molar-refractivity contribution in [1.29, 1.82) is 0 Å². The quantitative estimate of drug-likeness (QED) is 0.524. The molecule has 0 fully saturated rings. The first-order valence-corrected chi connectivity index (χ1v) is 5.84. The molecule has 5 nitrogen and oxygen atoms in total. The molecule has 0 spiro atoms. The van der Waals surface area contributed by atoms with Crippen LogP contribution < -0.4 is 16.4 Å². The molecule has 4 N–H and O–H groups in total. The Morgan fingerprint density at radius 1 is 1.11 bits per heavy atom. The number of nitrogens with two attached hydrogens (primary N) is 1. The molecule has 0 saturated heterocycles. The second-order valence-electron chi connectivity index (χ2n) is 3.68. The largest absolute Gasteiger partial charge is 0.389 e. The molecular formula is C12H15N3O2S. The maximum Gasteiger partial charge on any atom is 0.251 e. The summed E-state index contributed by atoms with van der Waals surface area (Å²) in [5.74, 6) is -0.320. The van der Waals surface area contributed by atoms with E-state index in [1.165, 1.54) is 6.92 Å². The highest BCUT2D eigenvalue weighted by Gasteiger charge is 2.05. The lowest BCUT2D eigenvalue weighted by molar-refractivity contribution is -0.118. The molecule has 0 unspecified atom stereocenters. The SMILES string of the molecule is CC(=O)NCCNC(=O)c1ccc(C(N)=S)cc1. The van der Waals surface area contributed by atoms with Gasteiger partial charge in [0.1, 0.15) is 4.99 Å². The number of thiocarbonyl (C=S) groups is 1. The van der Waals surface area contributed by atoms with Crippen LogP contribution in [0.2, 0.25) is 0 Å². The van der Waals surface area contributed by atoms with Crippen LogP contribution in [0.3, 0.4) is 0 Å². The fraction of sp³-hybridized carbons (Fsp3) is 0.250. The lowest BCUT2D eigenvalue weighted by Crippen LogP contribution is -2.33. The lowest BCUT2D eigenvalue weighted by atomic mass is 10.1. The maximum absolute atomic E-state index is 11.7. The second-order valence-corrected chi connectivity index (χ2v) is 4.12. The third kappa shape index (κ3) is 4.50. The van der Waals surface area contributed by atoms with Gasteiger partial charge < -0.3 is 16.4 Å². The standard InChI is InChI=1S/C12H15N3O2S/c1-8(16)14-6-7-15-12(17)10-4-2-9(3-5-10)11(13)18/h2-5H,6-7H2,1H3,(H2,13,18)(H,14,16)(H,15,17). The van der Waals surface area contributed by atoms with Crippen molar-refractivity contribution in [3.8, 4) is 0 Å². The van der Waals surface area contributed by atoms with Crippen LogP contribution in [-0.4, -0.2) is 29.9 Å². The summed E-state index contributed by atoms with van der Waals surface area (Å²) >= 11 is 4.82. The molecule has 0 atom stereocenters. The summed E-state index contributed by atoms with van der Waals surface area (Å²) in [7, 11) is 0. The molecule has 0 saturated carbocycles. The van der Waals surface area contributed by atoms with E-state index in [-0.39, 0.29) is 11.8 Å². The summed E-state index contributed by atoms with van der Waals surface area (Å²) in [6, 6.07) is 6.71. The van der Waals surface area contributed by atoms with Gasteiger partial charge in [0.15, 0.2) is 0 Å². The molecule has 1 rings (SSSR count). The van der Waals surface area contributed by atoms with Crippen LogP contribution in [0.15, 0.2) is 24.3 Å². The van der Waals surface area contributed by atoms with Gasteiger partial charge in [0, 0.05) is 31.1 Å². The van der Waals surface area contributed by atoms with E-state index >= 15 is 0 Å². The molecule has 0 aliphatic heterocycles. The van der Waals surface area contributed by atoms with Crippen LogP contribution in [0, 0.1) is 0 Å². The summed E-state index contributed by atoms with van der Waals surface area (Å²) in [6.07, 6.45) is 0. The minimum atomic E-state index is -0.199. The third-order valence-corrected chi connectivity index (χ3v) is 2.45. The molecule has 0 heterocycles. The van der Waals surface area contributed by atoms with Crippen LogP contribution in [0.5, 0.6) is 0 Å². The van der Waals surface area contributed by atoms with Gasteiger partial charge in [0.2, 0.25) is 5.91 Å². The van der Waals surface area contributed by atoms with Crippen molar-refractivity contribution in [3.63, 3.8) is 0 Å². The van der Waals surface area contributed by atoms with Gasteiger partial charge in [-0.2, -0.15) is 0 Å². The van der Waals surface area contributed by atoms with E-state index < -0.39 is 0 Å². The summed E-state index contributed by atoms with van der Waals surface area (Å²) in [6.45, 7) is 2.22. The van der Waals surface area contributed by atoms with E-state index in [2.05, 4.69) is 10.6 Å². The van der Waals surface area contributed by atoms with E-state index in [0.717, 1.165) is 5.56 Å². The highest BCUT2D eigenvalue weighted by atomic mass is 32.1. The molecule has 0 radical (unpaired) electrons. The molecular weight excluding hydrogens is 250 g/mol. The number of hydrogen-bond donors (Lipinski definition) is 3. The lowest BCUT2D eigenvalue weighted by Gasteiger charge is -2.06. The minimum Gasteiger partial charge on any atom is -0.389 e. The van der Waals surface area contributed by atoms with E-state index in [9.17, 15) is 9.59 Å². The highest BCUT2D eigenvalue weighted by Crippen LogP contribution is 2.04. The number of carbonyl (C=O) groups is 2. The zero-order valence-corrected chi connectivity index (χ0v) is 10.8. The van der Waals surface area contributed by atoms with Crippen LogP contribution in [-0.2, 0) is 4.79 Å². The fourth-order valence-corrected chi connectivity index (χ4v) is 1.44. The third-order valence-electron chi connectivity index (χ3n) is 2.22. The fourth-order valence-electron chi connectivity index (χ4n) is 1.30. The average molecular weight is 265 g/mol. The number of nitrogens with one attached hydrogen (secondary N) is 2. The molecule has 1 aromatic rings. The Bertz CT molecular complexity index is 457. The summed E-state index contributed by atoms with van der Waals surface area (Å²) in [5, 5.41) is 5.27. The van der Waals surface area contributed by atoms with Crippen molar-refractivity contribution >= 4 is 29.0 Å². The van der Waals surface area contributed by atoms with Gasteiger partial charge in [-0.25, -0.2) is 0 Å². The first-order valence-electron chi connectivity index (χ1n) is 5.43. The molecule has 0 aromatic heterocycles. The van der Waals surface area contributed by atoms with Crippen molar-refractivity contribution in [1.82, 2.24) is 10.6 Å². The average Bonchev–Trinajstić information content (AvgIpc) is 2.34. The molecule has 6 heteroatoms. The Morgan fingerprint density at radius 3 is 2.11 bits per heavy atom. The predicted octanol–water partition coefficient (Wildman–Crippen LogP) is 0.187. The zero-order chi connectivity index (χ0) is 13.5. The van der Waals surface area contributed by atoms with Crippen LogP contribution in [0.1, 0.15) is 22.8 Å². The molecule has 0 aliphatic rings. The number of rotatable bonds is 5.